The van der Waals surface area contributed by atoms with E-state index in [1.165, 1.54) is 15.0 Å². The van der Waals surface area contributed by atoms with Crippen molar-refractivity contribution in [2.75, 3.05) is 6.61 Å². The van der Waals surface area contributed by atoms with Gasteiger partial charge in [-0.15, -0.1) is 11.3 Å². The molecule has 3 atom stereocenters. The van der Waals surface area contributed by atoms with E-state index >= 15 is 0 Å². The molecule has 1 fully saturated rings. The standard InChI is InChI=1S/C23H26O4S/c1-13-16(8-19-7-15-5-3-4-6-22(15)28-19)9-20(14(2)23(13)26)21-11-17(25)10-18(12-24)27-21/h3-7,9,17-18,21,24-26H,8,10-12H2,1-2H3. The lowest BCUT2D eigenvalue weighted by Crippen LogP contribution is -2.33. The summed E-state index contributed by atoms with van der Waals surface area (Å²) in [6.07, 6.45) is 0.451. The van der Waals surface area contributed by atoms with Crippen molar-refractivity contribution in [1.82, 2.24) is 0 Å². The Morgan fingerprint density at radius 3 is 2.64 bits per heavy atom. The summed E-state index contributed by atoms with van der Waals surface area (Å²) < 4.78 is 7.26. The summed E-state index contributed by atoms with van der Waals surface area (Å²) in [4.78, 5) is 1.25. The van der Waals surface area contributed by atoms with Gasteiger partial charge in [0.25, 0.3) is 0 Å². The first kappa shape index (κ1) is 19.4. The zero-order valence-corrected chi connectivity index (χ0v) is 17.0. The molecule has 0 aliphatic carbocycles. The molecule has 1 saturated heterocycles. The summed E-state index contributed by atoms with van der Waals surface area (Å²) in [5.41, 5.74) is 3.63. The Labute approximate surface area is 169 Å². The summed E-state index contributed by atoms with van der Waals surface area (Å²) in [5.74, 6) is 0.290. The van der Waals surface area contributed by atoms with Gasteiger partial charge in [-0.05, 0) is 53.6 Å². The van der Waals surface area contributed by atoms with E-state index in [1.54, 1.807) is 11.3 Å². The van der Waals surface area contributed by atoms with Gasteiger partial charge in [0.2, 0.25) is 0 Å². The summed E-state index contributed by atoms with van der Waals surface area (Å²) in [6, 6.07) is 12.6. The number of aliphatic hydroxyl groups excluding tert-OH is 2. The van der Waals surface area contributed by atoms with Gasteiger partial charge in [0.1, 0.15) is 5.75 Å². The van der Waals surface area contributed by atoms with E-state index in [0.717, 1.165) is 28.7 Å². The zero-order chi connectivity index (χ0) is 19.8. The van der Waals surface area contributed by atoms with Gasteiger partial charge in [-0.1, -0.05) is 24.3 Å². The normalized spacial score (nSPS) is 22.6. The molecule has 3 aromatic rings. The van der Waals surface area contributed by atoms with Crippen LogP contribution in [0.2, 0.25) is 0 Å². The molecule has 3 N–H and O–H groups in total. The van der Waals surface area contributed by atoms with Crippen molar-refractivity contribution in [3.05, 3.63) is 63.5 Å². The van der Waals surface area contributed by atoms with Crippen LogP contribution in [0.15, 0.2) is 36.4 Å². The molecule has 0 bridgehead atoms. The largest absolute Gasteiger partial charge is 0.507 e. The monoisotopic (exact) mass is 398 g/mol. The first-order chi connectivity index (χ1) is 13.5. The van der Waals surface area contributed by atoms with Crippen molar-refractivity contribution in [2.24, 2.45) is 0 Å². The van der Waals surface area contributed by atoms with Gasteiger partial charge in [0.05, 0.1) is 24.9 Å². The number of thiophene rings is 1. The molecular formula is C23H26O4S. The third kappa shape index (κ3) is 3.67. The van der Waals surface area contributed by atoms with Gasteiger partial charge in [0, 0.05) is 28.8 Å². The van der Waals surface area contributed by atoms with Crippen LogP contribution in [0.1, 0.15) is 46.1 Å². The quantitative estimate of drug-likeness (QED) is 0.610. The summed E-state index contributed by atoms with van der Waals surface area (Å²) >= 11 is 1.77. The maximum atomic E-state index is 10.7. The molecule has 0 spiro atoms. The van der Waals surface area contributed by atoms with Crippen LogP contribution in [0.4, 0.5) is 0 Å². The molecule has 2 heterocycles. The molecule has 148 valence electrons. The number of phenols is 1. The molecule has 4 nitrogen and oxygen atoms in total. The number of phenolic OH excluding ortho intramolecular Hbond substituents is 1. The van der Waals surface area contributed by atoms with Crippen molar-refractivity contribution in [1.29, 1.82) is 0 Å². The lowest BCUT2D eigenvalue weighted by molar-refractivity contribution is -0.114. The van der Waals surface area contributed by atoms with Crippen LogP contribution in [0.5, 0.6) is 5.75 Å². The number of rotatable bonds is 4. The fraction of sp³-hybridized carbons (Fsp3) is 0.391. The fourth-order valence-corrected chi connectivity index (χ4v) is 5.20. The molecule has 1 aromatic heterocycles. The Morgan fingerprint density at radius 1 is 1.11 bits per heavy atom. The van der Waals surface area contributed by atoms with E-state index in [1.807, 2.05) is 26.0 Å². The third-order valence-electron chi connectivity index (χ3n) is 5.72. The van der Waals surface area contributed by atoms with Gasteiger partial charge in [-0.2, -0.15) is 0 Å². The predicted molar refractivity (Wildman–Crippen MR) is 112 cm³/mol. The van der Waals surface area contributed by atoms with Gasteiger partial charge < -0.3 is 20.1 Å². The van der Waals surface area contributed by atoms with Crippen molar-refractivity contribution in [3.8, 4) is 5.75 Å². The van der Waals surface area contributed by atoms with Crippen LogP contribution >= 0.6 is 11.3 Å². The predicted octanol–water partition coefficient (Wildman–Crippen LogP) is 4.39. The van der Waals surface area contributed by atoms with E-state index in [9.17, 15) is 15.3 Å². The zero-order valence-electron chi connectivity index (χ0n) is 16.2. The van der Waals surface area contributed by atoms with E-state index in [2.05, 4.69) is 24.3 Å². The minimum absolute atomic E-state index is 0.112. The number of fused-ring (bicyclic) bond motifs is 1. The van der Waals surface area contributed by atoms with Crippen molar-refractivity contribution in [3.63, 3.8) is 0 Å². The maximum Gasteiger partial charge on any atom is 0.122 e. The highest BCUT2D eigenvalue weighted by Gasteiger charge is 2.31. The van der Waals surface area contributed by atoms with E-state index < -0.39 is 6.10 Å². The topological polar surface area (TPSA) is 69.9 Å². The van der Waals surface area contributed by atoms with Crippen molar-refractivity contribution < 1.29 is 20.1 Å². The Balaban J connectivity index is 1.70. The number of hydrogen-bond acceptors (Lipinski definition) is 5. The van der Waals surface area contributed by atoms with Gasteiger partial charge >= 0.3 is 0 Å². The summed E-state index contributed by atoms with van der Waals surface area (Å²) in [6.45, 7) is 3.72. The van der Waals surface area contributed by atoms with Crippen LogP contribution in [0, 0.1) is 13.8 Å². The highest BCUT2D eigenvalue weighted by atomic mass is 32.1. The Bertz CT molecular complexity index is 961. The fourth-order valence-electron chi connectivity index (χ4n) is 4.11. The summed E-state index contributed by atoms with van der Waals surface area (Å²) in [7, 11) is 0. The smallest absolute Gasteiger partial charge is 0.122 e. The first-order valence-electron chi connectivity index (χ1n) is 9.70. The molecule has 5 heteroatoms. The van der Waals surface area contributed by atoms with E-state index in [0.29, 0.717) is 12.8 Å². The Kier molecular flexibility index (Phi) is 5.43. The SMILES string of the molecule is Cc1c(Cc2cc3ccccc3s2)cc(C2CC(O)CC(CO)O2)c(C)c1O. The Morgan fingerprint density at radius 2 is 1.89 bits per heavy atom. The molecule has 0 radical (unpaired) electrons. The van der Waals surface area contributed by atoms with Crippen LogP contribution < -0.4 is 0 Å². The van der Waals surface area contributed by atoms with Crippen molar-refractivity contribution in [2.45, 2.75) is 51.4 Å². The van der Waals surface area contributed by atoms with Gasteiger partial charge in [-0.3, -0.25) is 0 Å². The molecule has 2 aromatic carbocycles. The lowest BCUT2D eigenvalue weighted by atomic mass is 9.89. The van der Waals surface area contributed by atoms with E-state index in [-0.39, 0.29) is 24.6 Å². The molecule has 3 unspecified atom stereocenters. The average Bonchev–Trinajstić information content (AvgIpc) is 3.10. The van der Waals surface area contributed by atoms with Gasteiger partial charge in [-0.25, -0.2) is 0 Å². The molecule has 0 amide bonds. The van der Waals surface area contributed by atoms with Crippen LogP contribution in [-0.4, -0.2) is 34.1 Å². The number of benzene rings is 2. The van der Waals surface area contributed by atoms with Gasteiger partial charge in [0.15, 0.2) is 0 Å². The minimum atomic E-state index is -0.509. The lowest BCUT2D eigenvalue weighted by Gasteiger charge is -2.33. The third-order valence-corrected chi connectivity index (χ3v) is 6.84. The molecular weight excluding hydrogens is 372 g/mol. The molecule has 28 heavy (non-hydrogen) atoms. The molecule has 1 aliphatic rings. The van der Waals surface area contributed by atoms with Crippen LogP contribution in [-0.2, 0) is 11.2 Å². The Hall–Kier alpha value is -1.92. The van der Waals surface area contributed by atoms with E-state index in [4.69, 9.17) is 4.74 Å². The molecule has 0 saturated carbocycles. The summed E-state index contributed by atoms with van der Waals surface area (Å²) in [5, 5.41) is 31.6. The van der Waals surface area contributed by atoms with Crippen LogP contribution in [0.25, 0.3) is 10.1 Å². The maximum absolute atomic E-state index is 10.7. The second kappa shape index (κ2) is 7.84. The molecule has 4 rings (SSSR count). The number of aromatic hydroxyl groups is 1. The second-order valence-electron chi connectivity index (χ2n) is 7.71. The second-order valence-corrected chi connectivity index (χ2v) is 8.87. The first-order valence-corrected chi connectivity index (χ1v) is 10.5. The highest BCUT2D eigenvalue weighted by Crippen LogP contribution is 2.39. The number of aliphatic hydroxyl groups is 2. The average molecular weight is 399 g/mol. The number of hydrogen-bond donors (Lipinski definition) is 3. The van der Waals surface area contributed by atoms with Crippen LogP contribution in [0.3, 0.4) is 0 Å². The molecule has 1 aliphatic heterocycles. The highest BCUT2D eigenvalue weighted by molar-refractivity contribution is 7.19. The van der Waals surface area contributed by atoms with Crippen molar-refractivity contribution >= 4 is 21.4 Å². The minimum Gasteiger partial charge on any atom is -0.507 e. The number of ether oxygens (including phenoxy) is 1.